The van der Waals surface area contributed by atoms with Crippen molar-refractivity contribution in [3.05, 3.63) is 10.9 Å². The fourth-order valence-corrected chi connectivity index (χ4v) is 1.82. The van der Waals surface area contributed by atoms with E-state index >= 15 is 0 Å². The first-order valence-corrected chi connectivity index (χ1v) is 4.54. The molecule has 0 fully saturated rings. The lowest BCUT2D eigenvalue weighted by Gasteiger charge is -1.98. The summed E-state index contributed by atoms with van der Waals surface area (Å²) in [7, 11) is 1.03. The quantitative estimate of drug-likeness (QED) is 0.512. The summed E-state index contributed by atoms with van der Waals surface area (Å²) >= 11 is 0.925. The Bertz CT molecular complexity index is 335. The maximum absolute atomic E-state index is 11.2. The molecular formula is C7H9BO5S. The normalized spacial score (nSPS) is 9.71. The van der Waals surface area contributed by atoms with Gasteiger partial charge in [-0.3, -0.25) is 0 Å². The zero-order chi connectivity index (χ0) is 10.7. The van der Waals surface area contributed by atoms with Gasteiger partial charge >= 0.3 is 13.1 Å². The SMILES string of the molecule is COC(=O)c1sc(B(O)O)cc1OC. The van der Waals surface area contributed by atoms with Crippen LogP contribution in [0.2, 0.25) is 0 Å². The molecule has 0 amide bonds. The number of esters is 1. The third-order valence-corrected chi connectivity index (χ3v) is 2.70. The highest BCUT2D eigenvalue weighted by Crippen LogP contribution is 2.23. The molecule has 0 aromatic carbocycles. The van der Waals surface area contributed by atoms with E-state index in [0.29, 0.717) is 0 Å². The second kappa shape index (κ2) is 4.45. The molecule has 0 atom stereocenters. The number of ether oxygens (including phenoxy) is 2. The van der Waals surface area contributed by atoms with Gasteiger partial charge in [0.15, 0.2) is 4.88 Å². The summed E-state index contributed by atoms with van der Waals surface area (Å²) in [6, 6.07) is 1.39. The molecule has 0 saturated heterocycles. The van der Waals surface area contributed by atoms with Crippen molar-refractivity contribution in [3.63, 3.8) is 0 Å². The second-order valence-electron chi connectivity index (χ2n) is 2.41. The van der Waals surface area contributed by atoms with Crippen molar-refractivity contribution in [2.75, 3.05) is 14.2 Å². The first-order valence-electron chi connectivity index (χ1n) is 3.72. The van der Waals surface area contributed by atoms with Crippen LogP contribution in [0.3, 0.4) is 0 Å². The van der Waals surface area contributed by atoms with Crippen molar-refractivity contribution < 1.29 is 24.3 Å². The Balaban J connectivity index is 3.08. The Labute approximate surface area is 85.0 Å². The zero-order valence-corrected chi connectivity index (χ0v) is 8.50. The molecule has 0 aliphatic heterocycles. The van der Waals surface area contributed by atoms with Gasteiger partial charge in [-0.05, 0) is 6.07 Å². The molecule has 7 heteroatoms. The van der Waals surface area contributed by atoms with E-state index in [4.69, 9.17) is 14.8 Å². The molecule has 2 N–H and O–H groups in total. The van der Waals surface area contributed by atoms with Gasteiger partial charge in [-0.1, -0.05) is 0 Å². The van der Waals surface area contributed by atoms with Gasteiger partial charge in [-0.2, -0.15) is 0 Å². The number of hydrogen-bond donors (Lipinski definition) is 2. The van der Waals surface area contributed by atoms with Crippen molar-refractivity contribution in [2.45, 2.75) is 0 Å². The van der Waals surface area contributed by atoms with Crippen LogP contribution in [0.25, 0.3) is 0 Å². The maximum atomic E-state index is 11.2. The van der Waals surface area contributed by atoms with Crippen molar-refractivity contribution in [3.8, 4) is 5.75 Å². The van der Waals surface area contributed by atoms with Crippen LogP contribution in [0, 0.1) is 0 Å². The number of carbonyl (C=O) groups is 1. The summed E-state index contributed by atoms with van der Waals surface area (Å²) in [4.78, 5) is 11.4. The predicted octanol–water partition coefficient (Wildman–Crippen LogP) is -0.777. The van der Waals surface area contributed by atoms with E-state index in [1.54, 1.807) is 0 Å². The molecule has 0 unspecified atom stereocenters. The van der Waals surface area contributed by atoms with Crippen LogP contribution >= 0.6 is 11.3 Å². The lowest BCUT2D eigenvalue weighted by molar-refractivity contribution is 0.0603. The Morgan fingerprint density at radius 3 is 2.57 bits per heavy atom. The number of thiophene rings is 1. The van der Waals surface area contributed by atoms with Crippen LogP contribution in [-0.4, -0.2) is 37.4 Å². The van der Waals surface area contributed by atoms with Crippen LogP contribution in [0.15, 0.2) is 6.07 Å². The summed E-state index contributed by atoms with van der Waals surface area (Å²) in [6.07, 6.45) is 0. The standard InChI is InChI=1S/C7H9BO5S/c1-12-4-3-5(8(10)11)14-6(4)7(9)13-2/h3,10-11H,1-2H3. The molecule has 1 heterocycles. The zero-order valence-electron chi connectivity index (χ0n) is 7.68. The van der Waals surface area contributed by atoms with Crippen molar-refractivity contribution in [1.82, 2.24) is 0 Å². The van der Waals surface area contributed by atoms with E-state index in [1.165, 1.54) is 20.3 Å². The predicted molar refractivity (Wildman–Crippen MR) is 52.0 cm³/mol. The van der Waals surface area contributed by atoms with Crippen molar-refractivity contribution in [1.29, 1.82) is 0 Å². The molecule has 0 aliphatic carbocycles. The average Bonchev–Trinajstić information content (AvgIpc) is 2.60. The van der Waals surface area contributed by atoms with Crippen molar-refractivity contribution in [2.24, 2.45) is 0 Å². The molecule has 1 rings (SSSR count). The van der Waals surface area contributed by atoms with Gasteiger partial charge in [-0.15, -0.1) is 11.3 Å². The molecule has 0 radical (unpaired) electrons. The number of rotatable bonds is 3. The Kier molecular flexibility index (Phi) is 3.51. The number of methoxy groups -OCH3 is 2. The fourth-order valence-electron chi connectivity index (χ4n) is 0.906. The molecule has 14 heavy (non-hydrogen) atoms. The molecule has 0 bridgehead atoms. The van der Waals surface area contributed by atoms with Crippen LogP contribution in [0.5, 0.6) is 5.75 Å². The second-order valence-corrected chi connectivity index (χ2v) is 3.50. The molecule has 0 spiro atoms. The van der Waals surface area contributed by atoms with E-state index in [2.05, 4.69) is 4.74 Å². The van der Waals surface area contributed by atoms with Gasteiger partial charge in [0.25, 0.3) is 0 Å². The van der Waals surface area contributed by atoms with Gasteiger partial charge in [0.2, 0.25) is 0 Å². The Hall–Kier alpha value is -1.05. The molecular weight excluding hydrogens is 207 g/mol. The third kappa shape index (κ3) is 2.06. The largest absolute Gasteiger partial charge is 0.499 e. The van der Waals surface area contributed by atoms with Crippen LogP contribution in [0.1, 0.15) is 9.67 Å². The van der Waals surface area contributed by atoms with Gasteiger partial charge in [-0.25, -0.2) is 4.79 Å². The molecule has 0 saturated carbocycles. The van der Waals surface area contributed by atoms with Crippen LogP contribution in [0.4, 0.5) is 0 Å². The highest BCUT2D eigenvalue weighted by Gasteiger charge is 2.22. The van der Waals surface area contributed by atoms with E-state index in [0.717, 1.165) is 11.3 Å². The molecule has 1 aromatic rings. The number of carbonyl (C=O) groups excluding carboxylic acids is 1. The average molecular weight is 216 g/mol. The highest BCUT2D eigenvalue weighted by atomic mass is 32.1. The lowest BCUT2D eigenvalue weighted by atomic mass is 9.90. The number of hydrogen-bond acceptors (Lipinski definition) is 6. The topological polar surface area (TPSA) is 76.0 Å². The van der Waals surface area contributed by atoms with E-state index in [9.17, 15) is 4.79 Å². The van der Waals surface area contributed by atoms with E-state index < -0.39 is 13.1 Å². The fraction of sp³-hybridized carbons (Fsp3) is 0.286. The Morgan fingerprint density at radius 2 is 2.14 bits per heavy atom. The third-order valence-electron chi connectivity index (χ3n) is 1.56. The summed E-state index contributed by atoms with van der Waals surface area (Å²) in [5, 5.41) is 17.7. The maximum Gasteiger partial charge on any atom is 0.499 e. The summed E-state index contributed by atoms with van der Waals surface area (Å²) in [5.74, 6) is -0.274. The molecule has 0 aliphatic rings. The first-order chi connectivity index (χ1) is 6.60. The van der Waals surface area contributed by atoms with Crippen molar-refractivity contribution >= 4 is 29.2 Å². The van der Waals surface area contributed by atoms with Gasteiger partial charge in [0.05, 0.1) is 14.2 Å². The minimum absolute atomic E-state index is 0.220. The van der Waals surface area contributed by atoms with Crippen LogP contribution in [-0.2, 0) is 4.74 Å². The smallest absolute Gasteiger partial charge is 0.495 e. The molecule has 76 valence electrons. The summed E-state index contributed by atoms with van der Waals surface area (Å²) < 4.78 is 9.62. The van der Waals surface area contributed by atoms with Gasteiger partial charge < -0.3 is 19.5 Å². The van der Waals surface area contributed by atoms with E-state index in [1.807, 2.05) is 0 Å². The minimum atomic E-state index is -1.60. The molecule has 1 aromatic heterocycles. The van der Waals surface area contributed by atoms with E-state index in [-0.39, 0.29) is 15.4 Å². The lowest BCUT2D eigenvalue weighted by Crippen LogP contribution is -2.26. The summed E-state index contributed by atoms with van der Waals surface area (Å²) in [6.45, 7) is 0. The van der Waals surface area contributed by atoms with Crippen LogP contribution < -0.4 is 9.51 Å². The first kappa shape index (κ1) is 11.0. The molecule has 5 nitrogen and oxygen atoms in total. The monoisotopic (exact) mass is 216 g/mol. The minimum Gasteiger partial charge on any atom is -0.495 e. The summed E-state index contributed by atoms with van der Waals surface area (Å²) in [5.41, 5.74) is 0. The Morgan fingerprint density at radius 1 is 1.50 bits per heavy atom. The van der Waals surface area contributed by atoms with Gasteiger partial charge in [0.1, 0.15) is 5.75 Å². The highest BCUT2D eigenvalue weighted by molar-refractivity contribution is 7.23. The van der Waals surface area contributed by atoms with Gasteiger partial charge in [0, 0.05) is 4.78 Å².